The zero-order valence-corrected chi connectivity index (χ0v) is 14.8. The summed E-state index contributed by atoms with van der Waals surface area (Å²) in [7, 11) is 3.28. The van der Waals surface area contributed by atoms with Crippen molar-refractivity contribution in [3.63, 3.8) is 0 Å². The van der Waals surface area contributed by atoms with E-state index >= 15 is 0 Å². The number of pyridine rings is 1. The van der Waals surface area contributed by atoms with E-state index in [1.165, 1.54) is 13.2 Å². The first-order valence-electron chi connectivity index (χ1n) is 8.08. The number of hydrogen-bond donors (Lipinski definition) is 0. The first-order valence-corrected chi connectivity index (χ1v) is 8.08. The molecular formula is C18H18F2N4O3. The van der Waals surface area contributed by atoms with Gasteiger partial charge in [-0.3, -0.25) is 9.88 Å². The molecular weight excluding hydrogens is 358 g/mol. The third-order valence-electron chi connectivity index (χ3n) is 3.69. The van der Waals surface area contributed by atoms with Gasteiger partial charge in [0, 0.05) is 24.5 Å². The van der Waals surface area contributed by atoms with Gasteiger partial charge in [0.2, 0.25) is 11.7 Å². The van der Waals surface area contributed by atoms with Gasteiger partial charge in [-0.2, -0.15) is 13.8 Å². The van der Waals surface area contributed by atoms with Crippen LogP contribution >= 0.6 is 0 Å². The molecule has 0 bridgehead atoms. The molecule has 7 nitrogen and oxygen atoms in total. The molecule has 0 radical (unpaired) electrons. The lowest BCUT2D eigenvalue weighted by atomic mass is 10.2. The van der Waals surface area contributed by atoms with Crippen molar-refractivity contribution in [2.45, 2.75) is 19.7 Å². The second-order valence-electron chi connectivity index (χ2n) is 5.79. The molecule has 0 amide bonds. The summed E-state index contributed by atoms with van der Waals surface area (Å²) < 4.78 is 39.6. The van der Waals surface area contributed by atoms with Crippen LogP contribution in [0.15, 0.2) is 47.2 Å². The molecule has 0 aliphatic rings. The minimum atomic E-state index is -2.90. The van der Waals surface area contributed by atoms with Crippen molar-refractivity contribution in [2.75, 3.05) is 14.2 Å². The van der Waals surface area contributed by atoms with Gasteiger partial charge in [-0.15, -0.1) is 0 Å². The molecule has 0 spiro atoms. The van der Waals surface area contributed by atoms with Crippen LogP contribution in [0, 0.1) is 0 Å². The Kier molecular flexibility index (Phi) is 5.92. The number of rotatable bonds is 8. The maximum absolute atomic E-state index is 12.4. The Morgan fingerprint density at radius 2 is 2.04 bits per heavy atom. The third-order valence-corrected chi connectivity index (χ3v) is 3.69. The Hall–Kier alpha value is -3.07. The number of nitrogens with zero attached hydrogens (tertiary/aromatic N) is 4. The van der Waals surface area contributed by atoms with Gasteiger partial charge in [-0.25, -0.2) is 0 Å². The first kappa shape index (κ1) is 18.7. The maximum atomic E-state index is 12.4. The van der Waals surface area contributed by atoms with Gasteiger partial charge in [-0.05, 0) is 36.9 Å². The van der Waals surface area contributed by atoms with E-state index in [0.717, 1.165) is 11.1 Å². The zero-order chi connectivity index (χ0) is 19.2. The molecule has 2 aromatic heterocycles. The van der Waals surface area contributed by atoms with Crippen molar-refractivity contribution in [1.29, 1.82) is 0 Å². The van der Waals surface area contributed by atoms with Crippen LogP contribution in [0.2, 0.25) is 0 Å². The predicted molar refractivity (Wildman–Crippen MR) is 92.3 cm³/mol. The van der Waals surface area contributed by atoms with Crippen LogP contribution in [-0.2, 0) is 13.1 Å². The average Bonchev–Trinajstić information content (AvgIpc) is 3.11. The average molecular weight is 376 g/mol. The van der Waals surface area contributed by atoms with E-state index in [0.29, 0.717) is 24.8 Å². The summed E-state index contributed by atoms with van der Waals surface area (Å²) in [6.07, 6.45) is 3.33. The lowest BCUT2D eigenvalue weighted by Crippen LogP contribution is -2.17. The van der Waals surface area contributed by atoms with Crippen LogP contribution in [0.5, 0.6) is 11.5 Å². The van der Waals surface area contributed by atoms with E-state index in [1.807, 2.05) is 18.0 Å². The molecule has 142 valence electrons. The SMILES string of the molecule is COc1cc(CN(C)Cc2nc(-c3cccnc3)no2)ccc1OC(F)F. The molecule has 0 saturated heterocycles. The summed E-state index contributed by atoms with van der Waals surface area (Å²) in [5.41, 5.74) is 1.64. The Morgan fingerprint density at radius 3 is 2.74 bits per heavy atom. The fourth-order valence-corrected chi connectivity index (χ4v) is 2.53. The summed E-state index contributed by atoms with van der Waals surface area (Å²) >= 11 is 0. The molecule has 27 heavy (non-hydrogen) atoms. The summed E-state index contributed by atoms with van der Waals surface area (Å²) in [4.78, 5) is 10.3. The molecule has 0 saturated carbocycles. The first-order chi connectivity index (χ1) is 13.0. The fourth-order valence-electron chi connectivity index (χ4n) is 2.53. The Morgan fingerprint density at radius 1 is 1.19 bits per heavy atom. The molecule has 9 heteroatoms. The van der Waals surface area contributed by atoms with Crippen LogP contribution in [0.25, 0.3) is 11.4 Å². The minimum absolute atomic E-state index is 0.00285. The largest absolute Gasteiger partial charge is 0.493 e. The van der Waals surface area contributed by atoms with Crippen molar-refractivity contribution < 1.29 is 22.8 Å². The van der Waals surface area contributed by atoms with Crippen molar-refractivity contribution in [3.8, 4) is 22.9 Å². The van der Waals surface area contributed by atoms with Gasteiger partial charge < -0.3 is 14.0 Å². The monoisotopic (exact) mass is 376 g/mol. The summed E-state index contributed by atoms with van der Waals surface area (Å²) in [5.74, 6) is 1.18. The molecule has 3 aromatic rings. The molecule has 3 rings (SSSR count). The quantitative estimate of drug-likeness (QED) is 0.597. The highest BCUT2D eigenvalue weighted by Gasteiger charge is 2.14. The lowest BCUT2D eigenvalue weighted by Gasteiger charge is -2.16. The lowest BCUT2D eigenvalue weighted by molar-refractivity contribution is -0.0512. The second kappa shape index (κ2) is 8.54. The Balaban J connectivity index is 1.64. The van der Waals surface area contributed by atoms with E-state index in [2.05, 4.69) is 19.9 Å². The van der Waals surface area contributed by atoms with E-state index in [1.54, 1.807) is 30.6 Å². The third kappa shape index (κ3) is 4.98. The van der Waals surface area contributed by atoms with Crippen LogP contribution in [0.4, 0.5) is 8.78 Å². The fraction of sp³-hybridized carbons (Fsp3) is 0.278. The van der Waals surface area contributed by atoms with Crippen molar-refractivity contribution in [1.82, 2.24) is 20.0 Å². The van der Waals surface area contributed by atoms with Crippen molar-refractivity contribution in [2.24, 2.45) is 0 Å². The van der Waals surface area contributed by atoms with E-state index in [4.69, 9.17) is 9.26 Å². The van der Waals surface area contributed by atoms with Crippen LogP contribution in [0.1, 0.15) is 11.5 Å². The summed E-state index contributed by atoms with van der Waals surface area (Å²) in [5, 5.41) is 3.95. The number of benzene rings is 1. The Labute approximate surface area is 154 Å². The topological polar surface area (TPSA) is 73.5 Å². The smallest absolute Gasteiger partial charge is 0.387 e. The number of alkyl halides is 2. The van der Waals surface area contributed by atoms with Crippen LogP contribution in [0.3, 0.4) is 0 Å². The van der Waals surface area contributed by atoms with Gasteiger partial charge >= 0.3 is 6.61 Å². The summed E-state index contributed by atoms with van der Waals surface area (Å²) in [6.45, 7) is -1.96. The van der Waals surface area contributed by atoms with E-state index in [-0.39, 0.29) is 11.5 Å². The van der Waals surface area contributed by atoms with Gasteiger partial charge in [0.1, 0.15) is 0 Å². The van der Waals surface area contributed by atoms with Gasteiger partial charge in [0.25, 0.3) is 0 Å². The summed E-state index contributed by atoms with van der Waals surface area (Å²) in [6, 6.07) is 8.46. The molecule has 0 unspecified atom stereocenters. The normalized spacial score (nSPS) is 11.2. The zero-order valence-electron chi connectivity index (χ0n) is 14.8. The highest BCUT2D eigenvalue weighted by Crippen LogP contribution is 2.30. The number of hydrogen-bond acceptors (Lipinski definition) is 7. The second-order valence-corrected chi connectivity index (χ2v) is 5.79. The highest BCUT2D eigenvalue weighted by molar-refractivity contribution is 5.51. The number of methoxy groups -OCH3 is 1. The predicted octanol–water partition coefficient (Wildman–Crippen LogP) is 3.37. The maximum Gasteiger partial charge on any atom is 0.387 e. The van der Waals surface area contributed by atoms with Gasteiger partial charge in [-0.1, -0.05) is 11.2 Å². The van der Waals surface area contributed by atoms with Crippen molar-refractivity contribution in [3.05, 3.63) is 54.2 Å². The van der Waals surface area contributed by atoms with Crippen LogP contribution in [-0.4, -0.2) is 40.8 Å². The highest BCUT2D eigenvalue weighted by atomic mass is 19.3. The number of halogens is 2. The number of aromatic nitrogens is 3. The molecule has 0 atom stereocenters. The van der Waals surface area contributed by atoms with E-state index in [9.17, 15) is 8.78 Å². The molecule has 0 aliphatic carbocycles. The van der Waals surface area contributed by atoms with Gasteiger partial charge in [0.05, 0.1) is 13.7 Å². The molecule has 2 heterocycles. The Bertz CT molecular complexity index is 874. The molecule has 0 N–H and O–H groups in total. The minimum Gasteiger partial charge on any atom is -0.493 e. The number of ether oxygens (including phenoxy) is 2. The van der Waals surface area contributed by atoms with Gasteiger partial charge in [0.15, 0.2) is 11.5 Å². The van der Waals surface area contributed by atoms with Crippen molar-refractivity contribution >= 4 is 0 Å². The van der Waals surface area contributed by atoms with Crippen LogP contribution < -0.4 is 9.47 Å². The van der Waals surface area contributed by atoms with E-state index < -0.39 is 6.61 Å². The molecule has 1 aromatic carbocycles. The molecule has 0 fully saturated rings. The molecule has 0 aliphatic heterocycles. The standard InChI is InChI=1S/C18H18F2N4O3/c1-24(10-12-5-6-14(26-18(19)20)15(8-12)25-2)11-16-22-17(23-27-16)13-4-3-7-21-9-13/h3-9,18H,10-11H2,1-2H3.